The number of carbonyl (C=O) groups excluding carboxylic acids is 1. The van der Waals surface area contributed by atoms with E-state index in [1.165, 1.54) is 24.3 Å². The van der Waals surface area contributed by atoms with Gasteiger partial charge in [-0.2, -0.15) is 8.78 Å². The van der Waals surface area contributed by atoms with Crippen LogP contribution in [-0.2, 0) is 0 Å². The van der Waals surface area contributed by atoms with Crippen LogP contribution in [0, 0.1) is 5.82 Å². The molecule has 5 rings (SSSR count). The fraction of sp³-hybridized carbons (Fsp3) is 0.296. The Morgan fingerprint density at radius 1 is 1.11 bits per heavy atom. The maximum Gasteiger partial charge on any atom is 0.387 e. The molecule has 2 amide bonds. The molecule has 1 fully saturated rings. The van der Waals surface area contributed by atoms with E-state index in [-0.39, 0.29) is 29.6 Å². The molecule has 0 unspecified atom stereocenters. The van der Waals surface area contributed by atoms with Gasteiger partial charge in [0.05, 0.1) is 22.0 Å². The first kappa shape index (κ1) is 25.0. The molecule has 4 aromatic rings. The molecular formula is C27H25F3N4O2S. The monoisotopic (exact) mass is 526 g/mol. The first-order chi connectivity index (χ1) is 17.9. The zero-order valence-corrected chi connectivity index (χ0v) is 20.9. The van der Waals surface area contributed by atoms with Crippen LogP contribution in [0.1, 0.15) is 43.0 Å². The van der Waals surface area contributed by atoms with Crippen LogP contribution in [0.2, 0.25) is 0 Å². The first-order valence-corrected chi connectivity index (χ1v) is 12.8. The summed E-state index contributed by atoms with van der Waals surface area (Å²) in [7, 11) is 0. The number of hydrogen-bond donors (Lipinski definition) is 1. The molecule has 0 saturated carbocycles. The van der Waals surface area contributed by atoms with E-state index in [0.717, 1.165) is 39.2 Å². The third-order valence-corrected chi connectivity index (χ3v) is 7.76. The minimum Gasteiger partial charge on any atom is -0.435 e. The highest BCUT2D eigenvalue weighted by Crippen LogP contribution is 2.38. The molecule has 3 heterocycles. The van der Waals surface area contributed by atoms with Crippen molar-refractivity contribution in [3.05, 3.63) is 78.0 Å². The van der Waals surface area contributed by atoms with Crippen molar-refractivity contribution in [3.63, 3.8) is 0 Å². The first-order valence-electron chi connectivity index (χ1n) is 12.0. The zero-order chi connectivity index (χ0) is 25.9. The fourth-order valence-corrected chi connectivity index (χ4v) is 5.78. The molecule has 0 radical (unpaired) electrons. The summed E-state index contributed by atoms with van der Waals surface area (Å²) in [5.74, 6) is -0.0265. The number of aromatic nitrogens is 2. The predicted molar refractivity (Wildman–Crippen MR) is 136 cm³/mol. The summed E-state index contributed by atoms with van der Waals surface area (Å²) in [5.41, 5.74) is 3.45. The minimum absolute atomic E-state index is 0.0572. The summed E-state index contributed by atoms with van der Waals surface area (Å²) in [6.07, 6.45) is 3.09. The topological polar surface area (TPSA) is 67.4 Å². The number of halogens is 3. The number of amides is 2. The Morgan fingerprint density at radius 3 is 2.59 bits per heavy atom. The normalized spacial score (nSPS) is 15.2. The van der Waals surface area contributed by atoms with Gasteiger partial charge in [-0.05, 0) is 61.2 Å². The summed E-state index contributed by atoms with van der Waals surface area (Å²) in [5, 5.41) is 2.95. The molecule has 0 spiro atoms. The van der Waals surface area contributed by atoms with E-state index in [9.17, 15) is 18.0 Å². The highest BCUT2D eigenvalue weighted by Gasteiger charge is 2.27. The molecule has 10 heteroatoms. The van der Waals surface area contributed by atoms with Crippen LogP contribution in [0.25, 0.3) is 20.7 Å². The van der Waals surface area contributed by atoms with Gasteiger partial charge < -0.3 is 15.0 Å². The number of rotatable bonds is 6. The lowest BCUT2D eigenvalue weighted by molar-refractivity contribution is -0.0499. The molecule has 2 aromatic heterocycles. The number of thiophene rings is 1. The van der Waals surface area contributed by atoms with E-state index in [1.807, 2.05) is 6.07 Å². The average molecular weight is 527 g/mol. The predicted octanol–water partition coefficient (Wildman–Crippen LogP) is 6.75. The molecule has 192 valence electrons. The third-order valence-electron chi connectivity index (χ3n) is 6.56. The van der Waals surface area contributed by atoms with E-state index < -0.39 is 6.61 Å². The lowest BCUT2D eigenvalue weighted by Crippen LogP contribution is -2.44. The molecule has 1 aliphatic rings. The van der Waals surface area contributed by atoms with Gasteiger partial charge in [-0.15, -0.1) is 11.3 Å². The molecular weight excluding hydrogens is 501 g/mol. The number of piperidine rings is 1. The van der Waals surface area contributed by atoms with E-state index in [1.54, 1.807) is 53.8 Å². The molecule has 6 nitrogen and oxygen atoms in total. The van der Waals surface area contributed by atoms with E-state index in [4.69, 9.17) is 0 Å². The molecule has 0 aliphatic carbocycles. The van der Waals surface area contributed by atoms with Crippen LogP contribution in [-0.4, -0.2) is 40.6 Å². The number of benzene rings is 2. The van der Waals surface area contributed by atoms with Crippen molar-refractivity contribution in [3.8, 4) is 16.2 Å². The number of nitrogens with zero attached hydrogens (tertiary/aromatic N) is 3. The summed E-state index contributed by atoms with van der Waals surface area (Å²) >= 11 is 1.60. The third kappa shape index (κ3) is 5.69. The number of carbonyl (C=O) groups is 1. The number of hydrogen-bond acceptors (Lipinski definition) is 5. The van der Waals surface area contributed by atoms with Crippen molar-refractivity contribution in [2.75, 3.05) is 13.1 Å². The Labute approximate surface area is 216 Å². The number of nitrogens with one attached hydrogen (secondary N) is 1. The van der Waals surface area contributed by atoms with Crippen LogP contribution >= 0.6 is 11.3 Å². The number of likely N-dealkylation sites (tertiary alicyclic amines) is 1. The van der Waals surface area contributed by atoms with Crippen molar-refractivity contribution in [1.29, 1.82) is 0 Å². The maximum absolute atomic E-state index is 13.3. The number of urea groups is 1. The van der Waals surface area contributed by atoms with Gasteiger partial charge in [0.2, 0.25) is 0 Å². The van der Waals surface area contributed by atoms with Crippen molar-refractivity contribution in [1.82, 2.24) is 20.2 Å². The van der Waals surface area contributed by atoms with Crippen LogP contribution in [0.3, 0.4) is 0 Å². The lowest BCUT2D eigenvalue weighted by atomic mass is 9.93. The average Bonchev–Trinajstić information content (AvgIpc) is 3.33. The Hall–Kier alpha value is -3.66. The number of ether oxygens (including phenoxy) is 1. The van der Waals surface area contributed by atoms with E-state index in [0.29, 0.717) is 18.7 Å². The Bertz CT molecular complexity index is 1390. The van der Waals surface area contributed by atoms with Gasteiger partial charge in [0, 0.05) is 23.9 Å². The summed E-state index contributed by atoms with van der Waals surface area (Å²) in [6, 6.07) is 14.2. The second kappa shape index (κ2) is 10.8. The number of alkyl halides is 2. The highest BCUT2D eigenvalue weighted by atomic mass is 32.1. The molecule has 0 bridgehead atoms. The molecule has 1 N–H and O–H groups in total. The standard InChI is InChI=1S/C27H25F3N4O2S/c1-16(19-3-2-4-21(13-19)36-26(29)30)33-27(35)34-11-9-18(10-12-34)24-25-22(31-15-32-24)14-23(37-25)17-5-7-20(28)8-6-17/h2-8,13-16,18,26H,9-12H2,1H3,(H,33,35)/t16-/m0/s1. The molecule has 37 heavy (non-hydrogen) atoms. The summed E-state index contributed by atoms with van der Waals surface area (Å²) in [4.78, 5) is 24.7. The van der Waals surface area contributed by atoms with Gasteiger partial charge in [0.1, 0.15) is 17.9 Å². The minimum atomic E-state index is -2.90. The quantitative estimate of drug-likeness (QED) is 0.302. The van der Waals surface area contributed by atoms with Crippen LogP contribution in [0.15, 0.2) is 60.9 Å². The fourth-order valence-electron chi connectivity index (χ4n) is 4.60. The van der Waals surface area contributed by atoms with Crippen molar-refractivity contribution in [2.45, 2.75) is 38.3 Å². The van der Waals surface area contributed by atoms with Crippen LogP contribution in [0.5, 0.6) is 5.75 Å². The van der Waals surface area contributed by atoms with E-state index >= 15 is 0 Å². The van der Waals surface area contributed by atoms with Gasteiger partial charge >= 0.3 is 12.6 Å². The molecule has 1 atom stereocenters. The van der Waals surface area contributed by atoms with Crippen molar-refractivity contribution >= 4 is 27.6 Å². The Kier molecular flexibility index (Phi) is 7.27. The van der Waals surface area contributed by atoms with Crippen molar-refractivity contribution < 1.29 is 22.7 Å². The van der Waals surface area contributed by atoms with Gasteiger partial charge in [-0.25, -0.2) is 19.2 Å². The summed E-state index contributed by atoms with van der Waals surface area (Å²) < 4.78 is 43.9. The lowest BCUT2D eigenvalue weighted by Gasteiger charge is -2.32. The summed E-state index contributed by atoms with van der Waals surface area (Å²) in [6.45, 7) is 0.0410. The molecule has 1 aliphatic heterocycles. The van der Waals surface area contributed by atoms with E-state index in [2.05, 4.69) is 20.0 Å². The van der Waals surface area contributed by atoms with Crippen molar-refractivity contribution in [2.24, 2.45) is 0 Å². The second-order valence-corrected chi connectivity index (χ2v) is 10.0. The Balaban J connectivity index is 1.23. The molecule has 2 aromatic carbocycles. The van der Waals surface area contributed by atoms with Gasteiger partial charge in [0.15, 0.2) is 0 Å². The number of fused-ring (bicyclic) bond motifs is 1. The SMILES string of the molecule is C[C@H](NC(=O)N1CCC(c2ncnc3cc(-c4ccc(F)cc4)sc23)CC1)c1cccc(OC(F)F)c1. The molecule has 1 saturated heterocycles. The van der Waals surface area contributed by atoms with Crippen LogP contribution < -0.4 is 10.1 Å². The smallest absolute Gasteiger partial charge is 0.387 e. The zero-order valence-electron chi connectivity index (χ0n) is 20.0. The second-order valence-electron chi connectivity index (χ2n) is 8.97. The van der Waals surface area contributed by atoms with Gasteiger partial charge in [-0.3, -0.25) is 0 Å². The largest absolute Gasteiger partial charge is 0.435 e. The maximum atomic E-state index is 13.3. The Morgan fingerprint density at radius 2 is 1.86 bits per heavy atom. The van der Waals surface area contributed by atoms with Gasteiger partial charge in [0.25, 0.3) is 0 Å². The van der Waals surface area contributed by atoms with Gasteiger partial charge in [-0.1, -0.05) is 24.3 Å². The highest BCUT2D eigenvalue weighted by molar-refractivity contribution is 7.22. The van der Waals surface area contributed by atoms with Crippen LogP contribution in [0.4, 0.5) is 18.0 Å².